The van der Waals surface area contributed by atoms with Gasteiger partial charge in [0.2, 0.25) is 0 Å². The second kappa shape index (κ2) is 3.93. The van der Waals surface area contributed by atoms with Gasteiger partial charge in [-0.05, 0) is 49.3 Å². The Kier molecular flexibility index (Phi) is 2.65. The van der Waals surface area contributed by atoms with Gasteiger partial charge in [-0.25, -0.2) is 0 Å². The number of benzene rings is 1. The Hall–Kier alpha value is -0.820. The molecule has 70 valence electrons. The van der Waals surface area contributed by atoms with Gasteiger partial charge in [-0.3, -0.25) is 0 Å². The molecule has 1 aliphatic carbocycles. The molecule has 1 atom stereocenters. The summed E-state index contributed by atoms with van der Waals surface area (Å²) in [7, 11) is 0. The van der Waals surface area contributed by atoms with Gasteiger partial charge in [0.1, 0.15) is 0 Å². The molecule has 0 radical (unpaired) electrons. The zero-order valence-corrected chi connectivity index (χ0v) is 8.00. The van der Waals surface area contributed by atoms with E-state index in [4.69, 9.17) is 5.73 Å². The van der Waals surface area contributed by atoms with Gasteiger partial charge < -0.3 is 5.73 Å². The lowest BCUT2D eigenvalue weighted by Gasteiger charge is -2.09. The van der Waals surface area contributed by atoms with Crippen LogP contribution in [0.5, 0.6) is 0 Å². The van der Waals surface area contributed by atoms with E-state index in [1.54, 1.807) is 11.1 Å². The SMILES string of the molecule is NCCCC1CCc2ccccc21. The van der Waals surface area contributed by atoms with E-state index in [2.05, 4.69) is 24.3 Å². The van der Waals surface area contributed by atoms with Gasteiger partial charge in [-0.1, -0.05) is 24.3 Å². The average Bonchev–Trinajstić information content (AvgIpc) is 2.58. The quantitative estimate of drug-likeness (QED) is 0.750. The van der Waals surface area contributed by atoms with Gasteiger partial charge in [0.25, 0.3) is 0 Å². The highest BCUT2D eigenvalue weighted by Gasteiger charge is 2.20. The van der Waals surface area contributed by atoms with Gasteiger partial charge in [0, 0.05) is 0 Å². The van der Waals surface area contributed by atoms with Crippen LogP contribution >= 0.6 is 0 Å². The van der Waals surface area contributed by atoms with Crippen LogP contribution in [0.4, 0.5) is 0 Å². The molecule has 2 rings (SSSR count). The Labute approximate surface area is 80.0 Å². The molecule has 0 heterocycles. The Bertz CT molecular complexity index is 280. The summed E-state index contributed by atoms with van der Waals surface area (Å²) in [5.41, 5.74) is 8.67. The molecular formula is C12H17N. The molecule has 0 bridgehead atoms. The van der Waals surface area contributed by atoms with E-state index >= 15 is 0 Å². The molecule has 1 heteroatoms. The Balaban J connectivity index is 2.09. The minimum Gasteiger partial charge on any atom is -0.330 e. The number of aryl methyl sites for hydroxylation is 1. The largest absolute Gasteiger partial charge is 0.330 e. The third-order valence-corrected chi connectivity index (χ3v) is 3.01. The normalized spacial score (nSPS) is 20.2. The molecule has 0 amide bonds. The van der Waals surface area contributed by atoms with Crippen LogP contribution in [0, 0.1) is 0 Å². The summed E-state index contributed by atoms with van der Waals surface area (Å²) in [4.78, 5) is 0. The maximum Gasteiger partial charge on any atom is -0.00771 e. The van der Waals surface area contributed by atoms with Gasteiger partial charge in [0.05, 0.1) is 0 Å². The predicted octanol–water partition coefficient (Wildman–Crippen LogP) is 2.46. The van der Waals surface area contributed by atoms with Crippen LogP contribution < -0.4 is 5.73 Å². The van der Waals surface area contributed by atoms with E-state index in [-0.39, 0.29) is 0 Å². The zero-order valence-electron chi connectivity index (χ0n) is 8.00. The van der Waals surface area contributed by atoms with Crippen LogP contribution in [0.1, 0.15) is 36.3 Å². The van der Waals surface area contributed by atoms with E-state index in [1.807, 2.05) is 0 Å². The summed E-state index contributed by atoms with van der Waals surface area (Å²) in [5, 5.41) is 0. The fraction of sp³-hybridized carbons (Fsp3) is 0.500. The van der Waals surface area contributed by atoms with Crippen molar-refractivity contribution in [2.75, 3.05) is 6.54 Å². The van der Waals surface area contributed by atoms with Crippen molar-refractivity contribution in [3.8, 4) is 0 Å². The third-order valence-electron chi connectivity index (χ3n) is 3.01. The van der Waals surface area contributed by atoms with Crippen molar-refractivity contribution in [1.29, 1.82) is 0 Å². The lowest BCUT2D eigenvalue weighted by atomic mass is 9.96. The van der Waals surface area contributed by atoms with E-state index in [0.29, 0.717) is 0 Å². The molecule has 1 aromatic rings. The van der Waals surface area contributed by atoms with Gasteiger partial charge >= 0.3 is 0 Å². The maximum atomic E-state index is 5.53. The Morgan fingerprint density at radius 1 is 1.31 bits per heavy atom. The van der Waals surface area contributed by atoms with Crippen molar-refractivity contribution >= 4 is 0 Å². The first-order chi connectivity index (χ1) is 6.42. The lowest BCUT2D eigenvalue weighted by molar-refractivity contribution is 0.592. The molecule has 1 aromatic carbocycles. The molecule has 2 N–H and O–H groups in total. The molecule has 0 saturated heterocycles. The first kappa shape index (κ1) is 8.76. The van der Waals surface area contributed by atoms with Crippen molar-refractivity contribution < 1.29 is 0 Å². The van der Waals surface area contributed by atoms with Crippen molar-refractivity contribution in [1.82, 2.24) is 0 Å². The summed E-state index contributed by atoms with van der Waals surface area (Å²) in [6, 6.07) is 8.84. The first-order valence-corrected chi connectivity index (χ1v) is 5.19. The fourth-order valence-corrected chi connectivity index (χ4v) is 2.31. The number of hydrogen-bond donors (Lipinski definition) is 1. The minimum atomic E-state index is 0.791. The third kappa shape index (κ3) is 1.75. The van der Waals surface area contributed by atoms with Crippen LogP contribution in [0.25, 0.3) is 0 Å². The summed E-state index contributed by atoms with van der Waals surface area (Å²) in [6.45, 7) is 0.832. The highest BCUT2D eigenvalue weighted by atomic mass is 14.5. The number of fused-ring (bicyclic) bond motifs is 1. The topological polar surface area (TPSA) is 26.0 Å². The molecular weight excluding hydrogens is 158 g/mol. The van der Waals surface area contributed by atoms with Crippen molar-refractivity contribution in [2.24, 2.45) is 5.73 Å². The second-order valence-electron chi connectivity index (χ2n) is 3.87. The molecule has 0 aromatic heterocycles. The number of nitrogens with two attached hydrogens (primary N) is 1. The molecule has 0 spiro atoms. The highest BCUT2D eigenvalue weighted by Crippen LogP contribution is 2.35. The Morgan fingerprint density at radius 3 is 3.00 bits per heavy atom. The fourth-order valence-electron chi connectivity index (χ4n) is 2.31. The molecule has 0 aliphatic heterocycles. The second-order valence-corrected chi connectivity index (χ2v) is 3.87. The van der Waals surface area contributed by atoms with E-state index in [1.165, 1.54) is 25.7 Å². The Morgan fingerprint density at radius 2 is 2.15 bits per heavy atom. The molecule has 1 aliphatic rings. The monoisotopic (exact) mass is 175 g/mol. The minimum absolute atomic E-state index is 0.791. The molecule has 0 saturated carbocycles. The zero-order chi connectivity index (χ0) is 9.10. The van der Waals surface area contributed by atoms with E-state index < -0.39 is 0 Å². The van der Waals surface area contributed by atoms with Crippen LogP contribution in [0.15, 0.2) is 24.3 Å². The van der Waals surface area contributed by atoms with E-state index in [9.17, 15) is 0 Å². The maximum absolute atomic E-state index is 5.53. The summed E-state index contributed by atoms with van der Waals surface area (Å²) >= 11 is 0. The molecule has 13 heavy (non-hydrogen) atoms. The summed E-state index contributed by atoms with van der Waals surface area (Å²) in [5.74, 6) is 0.791. The van der Waals surface area contributed by atoms with Crippen molar-refractivity contribution in [3.05, 3.63) is 35.4 Å². The van der Waals surface area contributed by atoms with Crippen molar-refractivity contribution in [2.45, 2.75) is 31.6 Å². The van der Waals surface area contributed by atoms with Gasteiger partial charge in [0.15, 0.2) is 0 Å². The number of rotatable bonds is 3. The smallest absolute Gasteiger partial charge is 0.00771 e. The van der Waals surface area contributed by atoms with Gasteiger partial charge in [-0.15, -0.1) is 0 Å². The van der Waals surface area contributed by atoms with Crippen molar-refractivity contribution in [3.63, 3.8) is 0 Å². The van der Waals surface area contributed by atoms with Crippen LogP contribution in [0.3, 0.4) is 0 Å². The van der Waals surface area contributed by atoms with Crippen LogP contribution in [-0.2, 0) is 6.42 Å². The standard InChI is InChI=1S/C12H17N/c13-9-3-5-11-8-7-10-4-1-2-6-12(10)11/h1-2,4,6,11H,3,5,7-9,13H2. The van der Waals surface area contributed by atoms with E-state index in [0.717, 1.165) is 12.5 Å². The highest BCUT2D eigenvalue weighted by molar-refractivity contribution is 5.34. The van der Waals surface area contributed by atoms with Gasteiger partial charge in [-0.2, -0.15) is 0 Å². The van der Waals surface area contributed by atoms with Crippen LogP contribution in [-0.4, -0.2) is 6.54 Å². The number of hydrogen-bond acceptors (Lipinski definition) is 1. The molecule has 1 unspecified atom stereocenters. The average molecular weight is 175 g/mol. The molecule has 0 fully saturated rings. The summed E-state index contributed by atoms with van der Waals surface area (Å²) in [6.07, 6.45) is 5.04. The molecule has 1 nitrogen and oxygen atoms in total. The predicted molar refractivity (Wildman–Crippen MR) is 55.8 cm³/mol. The lowest BCUT2D eigenvalue weighted by Crippen LogP contribution is -2.01. The van der Waals surface area contributed by atoms with Crippen LogP contribution in [0.2, 0.25) is 0 Å². The first-order valence-electron chi connectivity index (χ1n) is 5.19. The summed E-state index contributed by atoms with van der Waals surface area (Å²) < 4.78 is 0.